The van der Waals surface area contributed by atoms with Crippen molar-refractivity contribution in [1.29, 1.82) is 0 Å². The van der Waals surface area contributed by atoms with Crippen LogP contribution in [0, 0.1) is 13.8 Å². The standard InChI is InChI=1S/C20H19N3OS/c1-13-14(2)22-17-12-15(8-9-16(17)21-13)20(24)23-10-5-11-25-19-7-4-3-6-18(19)23/h3-4,6-9,12H,5,10-11H2,1-2H3. The number of para-hydroxylation sites is 1. The normalized spacial score (nSPS) is 14.2. The predicted molar refractivity (Wildman–Crippen MR) is 102 cm³/mol. The van der Waals surface area contributed by atoms with Crippen LogP contribution in [-0.2, 0) is 0 Å². The number of fused-ring (bicyclic) bond motifs is 2. The Bertz CT molecular complexity index is 970. The molecule has 1 aliphatic rings. The molecule has 0 radical (unpaired) electrons. The van der Waals surface area contributed by atoms with Crippen molar-refractivity contribution in [3.63, 3.8) is 0 Å². The van der Waals surface area contributed by atoms with Crippen molar-refractivity contribution < 1.29 is 4.79 Å². The molecule has 0 N–H and O–H groups in total. The molecule has 0 atom stereocenters. The maximum atomic E-state index is 13.2. The number of benzene rings is 2. The monoisotopic (exact) mass is 349 g/mol. The summed E-state index contributed by atoms with van der Waals surface area (Å²) < 4.78 is 0. The maximum Gasteiger partial charge on any atom is 0.258 e. The van der Waals surface area contributed by atoms with Crippen LogP contribution in [0.15, 0.2) is 47.4 Å². The van der Waals surface area contributed by atoms with Gasteiger partial charge in [0.05, 0.1) is 28.1 Å². The smallest absolute Gasteiger partial charge is 0.258 e. The second-order valence-corrected chi connectivity index (χ2v) is 7.36. The fourth-order valence-corrected chi connectivity index (χ4v) is 4.05. The zero-order chi connectivity index (χ0) is 17.4. The molecule has 1 aromatic heterocycles. The van der Waals surface area contributed by atoms with E-state index in [1.165, 1.54) is 4.90 Å². The Balaban J connectivity index is 1.76. The quantitative estimate of drug-likeness (QED) is 0.654. The second kappa shape index (κ2) is 6.48. The highest BCUT2D eigenvalue weighted by Gasteiger charge is 2.22. The van der Waals surface area contributed by atoms with E-state index in [1.54, 1.807) is 0 Å². The molecule has 5 heteroatoms. The van der Waals surface area contributed by atoms with Crippen LogP contribution in [0.5, 0.6) is 0 Å². The summed E-state index contributed by atoms with van der Waals surface area (Å²) in [7, 11) is 0. The van der Waals surface area contributed by atoms with Gasteiger partial charge in [-0.3, -0.25) is 4.79 Å². The van der Waals surface area contributed by atoms with Gasteiger partial charge < -0.3 is 4.90 Å². The first kappa shape index (κ1) is 16.1. The van der Waals surface area contributed by atoms with Gasteiger partial charge in [0, 0.05) is 17.0 Å². The maximum absolute atomic E-state index is 13.2. The lowest BCUT2D eigenvalue weighted by molar-refractivity contribution is 0.0987. The number of carbonyl (C=O) groups excluding carboxylic acids is 1. The first-order valence-electron chi connectivity index (χ1n) is 8.42. The van der Waals surface area contributed by atoms with Crippen LogP contribution in [0.1, 0.15) is 28.2 Å². The van der Waals surface area contributed by atoms with E-state index in [0.717, 1.165) is 46.8 Å². The summed E-state index contributed by atoms with van der Waals surface area (Å²) in [4.78, 5) is 25.4. The molecule has 0 bridgehead atoms. The third-order valence-corrected chi connectivity index (χ3v) is 5.66. The number of rotatable bonds is 1. The number of aromatic nitrogens is 2. The van der Waals surface area contributed by atoms with E-state index < -0.39 is 0 Å². The fourth-order valence-electron chi connectivity index (χ4n) is 3.06. The number of carbonyl (C=O) groups is 1. The van der Waals surface area contributed by atoms with Crippen LogP contribution in [0.4, 0.5) is 5.69 Å². The lowest BCUT2D eigenvalue weighted by Crippen LogP contribution is -2.31. The Labute approximate surface area is 151 Å². The number of thioether (sulfide) groups is 1. The van der Waals surface area contributed by atoms with Crippen molar-refractivity contribution in [1.82, 2.24) is 9.97 Å². The van der Waals surface area contributed by atoms with Crippen molar-refractivity contribution in [2.24, 2.45) is 0 Å². The summed E-state index contributed by atoms with van der Waals surface area (Å²) in [6, 6.07) is 13.7. The highest BCUT2D eigenvalue weighted by atomic mass is 32.2. The van der Waals surface area contributed by atoms with Gasteiger partial charge in [0.15, 0.2) is 0 Å². The van der Waals surface area contributed by atoms with Gasteiger partial charge in [0.1, 0.15) is 0 Å². The Kier molecular flexibility index (Phi) is 4.17. The summed E-state index contributed by atoms with van der Waals surface area (Å²) in [6.45, 7) is 4.63. The van der Waals surface area contributed by atoms with E-state index in [0.29, 0.717) is 5.56 Å². The van der Waals surface area contributed by atoms with Crippen LogP contribution < -0.4 is 4.90 Å². The molecule has 2 aromatic carbocycles. The molecular weight excluding hydrogens is 330 g/mol. The molecule has 0 fully saturated rings. The van der Waals surface area contributed by atoms with Crippen molar-refractivity contribution in [3.8, 4) is 0 Å². The molecule has 0 spiro atoms. The Morgan fingerprint density at radius 1 is 1.04 bits per heavy atom. The van der Waals surface area contributed by atoms with E-state index in [2.05, 4.69) is 16.0 Å². The van der Waals surface area contributed by atoms with Gasteiger partial charge >= 0.3 is 0 Å². The Morgan fingerprint density at radius 2 is 1.80 bits per heavy atom. The molecular formula is C20H19N3OS. The minimum Gasteiger partial charge on any atom is -0.307 e. The molecule has 0 saturated carbocycles. The molecule has 0 aliphatic carbocycles. The van der Waals surface area contributed by atoms with Crippen LogP contribution in [0.25, 0.3) is 11.0 Å². The van der Waals surface area contributed by atoms with E-state index >= 15 is 0 Å². The molecule has 2 heterocycles. The number of nitrogens with zero attached hydrogens (tertiary/aromatic N) is 3. The average molecular weight is 349 g/mol. The molecule has 4 rings (SSSR count). The highest BCUT2D eigenvalue weighted by molar-refractivity contribution is 7.99. The molecule has 4 nitrogen and oxygen atoms in total. The summed E-state index contributed by atoms with van der Waals surface area (Å²) in [5.74, 6) is 1.06. The number of amides is 1. The first-order valence-corrected chi connectivity index (χ1v) is 9.41. The average Bonchev–Trinajstić information content (AvgIpc) is 2.84. The summed E-state index contributed by atoms with van der Waals surface area (Å²) in [6.07, 6.45) is 0.983. The van der Waals surface area contributed by atoms with Crippen LogP contribution >= 0.6 is 11.8 Å². The molecule has 1 aliphatic heterocycles. The number of hydrogen-bond donors (Lipinski definition) is 0. The van der Waals surface area contributed by atoms with Gasteiger partial charge in [-0.25, -0.2) is 9.97 Å². The zero-order valence-corrected chi connectivity index (χ0v) is 15.1. The third kappa shape index (κ3) is 3.00. The minimum atomic E-state index is 0.0249. The molecule has 126 valence electrons. The van der Waals surface area contributed by atoms with Gasteiger partial charge in [-0.2, -0.15) is 0 Å². The number of aryl methyl sites for hydroxylation is 2. The molecule has 25 heavy (non-hydrogen) atoms. The SMILES string of the molecule is Cc1nc2ccc(C(=O)N3CCCSc4ccccc43)cc2nc1C. The van der Waals surface area contributed by atoms with Gasteiger partial charge in [0.25, 0.3) is 5.91 Å². The van der Waals surface area contributed by atoms with Gasteiger partial charge in [-0.1, -0.05) is 12.1 Å². The van der Waals surface area contributed by atoms with Crippen molar-refractivity contribution in [2.45, 2.75) is 25.2 Å². The summed E-state index contributed by atoms with van der Waals surface area (Å²) >= 11 is 1.82. The van der Waals surface area contributed by atoms with E-state index in [1.807, 2.05) is 66.9 Å². The third-order valence-electron chi connectivity index (χ3n) is 4.51. The first-order chi connectivity index (χ1) is 12.1. The lowest BCUT2D eigenvalue weighted by Gasteiger charge is -2.22. The highest BCUT2D eigenvalue weighted by Crippen LogP contribution is 2.34. The summed E-state index contributed by atoms with van der Waals surface area (Å²) in [5.41, 5.74) is 5.07. The largest absolute Gasteiger partial charge is 0.307 e. The van der Waals surface area contributed by atoms with Crippen molar-refractivity contribution in [2.75, 3.05) is 17.2 Å². The van der Waals surface area contributed by atoms with Crippen LogP contribution in [0.3, 0.4) is 0 Å². The van der Waals surface area contributed by atoms with Crippen molar-refractivity contribution in [3.05, 3.63) is 59.4 Å². The van der Waals surface area contributed by atoms with Gasteiger partial charge in [0.2, 0.25) is 0 Å². The van der Waals surface area contributed by atoms with Gasteiger partial charge in [-0.15, -0.1) is 11.8 Å². The van der Waals surface area contributed by atoms with E-state index in [4.69, 9.17) is 0 Å². The fraction of sp³-hybridized carbons (Fsp3) is 0.250. The minimum absolute atomic E-state index is 0.0249. The second-order valence-electron chi connectivity index (χ2n) is 6.22. The molecule has 0 saturated heterocycles. The van der Waals surface area contributed by atoms with Crippen LogP contribution in [0.2, 0.25) is 0 Å². The molecule has 0 unspecified atom stereocenters. The lowest BCUT2D eigenvalue weighted by atomic mass is 10.1. The predicted octanol–water partition coefficient (Wildman–Crippen LogP) is 4.39. The number of anilines is 1. The topological polar surface area (TPSA) is 46.1 Å². The Morgan fingerprint density at radius 3 is 2.64 bits per heavy atom. The van der Waals surface area contributed by atoms with E-state index in [9.17, 15) is 4.79 Å². The zero-order valence-electron chi connectivity index (χ0n) is 14.3. The van der Waals surface area contributed by atoms with Gasteiger partial charge in [-0.05, 0) is 56.4 Å². The molecule has 3 aromatic rings. The van der Waals surface area contributed by atoms with E-state index in [-0.39, 0.29) is 5.91 Å². The number of hydrogen-bond acceptors (Lipinski definition) is 4. The van der Waals surface area contributed by atoms with Crippen molar-refractivity contribution >= 4 is 34.4 Å². The molecule has 1 amide bonds. The Hall–Kier alpha value is -2.40. The summed E-state index contributed by atoms with van der Waals surface area (Å²) in [5, 5.41) is 0. The van der Waals surface area contributed by atoms with Crippen LogP contribution in [-0.4, -0.2) is 28.2 Å².